The van der Waals surface area contributed by atoms with Crippen molar-refractivity contribution in [1.29, 1.82) is 0 Å². The third-order valence-corrected chi connectivity index (χ3v) is 8.03. The molecule has 1 aliphatic rings. The molecule has 1 saturated heterocycles. The summed E-state index contributed by atoms with van der Waals surface area (Å²) in [5.41, 5.74) is 3.71. The monoisotopic (exact) mass is 515 g/mol. The van der Waals surface area contributed by atoms with Crippen molar-refractivity contribution in [3.63, 3.8) is 0 Å². The van der Waals surface area contributed by atoms with E-state index in [4.69, 9.17) is 9.47 Å². The molecule has 37 heavy (non-hydrogen) atoms. The first-order chi connectivity index (χ1) is 17.9. The van der Waals surface area contributed by atoms with Crippen LogP contribution in [0.1, 0.15) is 57.6 Å². The lowest BCUT2D eigenvalue weighted by atomic mass is 9.95. The number of hydrogen-bond acceptors (Lipinski definition) is 6. The summed E-state index contributed by atoms with van der Waals surface area (Å²) in [5, 5.41) is 10.8. The van der Waals surface area contributed by atoms with Gasteiger partial charge in [0.1, 0.15) is 28.9 Å². The molecule has 0 radical (unpaired) electrons. The van der Waals surface area contributed by atoms with Crippen molar-refractivity contribution in [1.82, 2.24) is 4.90 Å². The molecule has 0 aliphatic carbocycles. The Labute approximate surface area is 222 Å². The number of nitrogens with zero attached hydrogens (tertiary/aromatic N) is 1. The number of carbonyl (C=O) groups excluding carboxylic acids is 1. The Morgan fingerprint density at radius 1 is 0.892 bits per heavy atom. The van der Waals surface area contributed by atoms with E-state index in [0.29, 0.717) is 28.7 Å². The summed E-state index contributed by atoms with van der Waals surface area (Å²) in [7, 11) is 0. The van der Waals surface area contributed by atoms with Crippen LogP contribution in [0, 0.1) is 20.8 Å². The molecule has 1 N–H and O–H groups in total. The number of aromatic hydroxyl groups is 1. The van der Waals surface area contributed by atoms with Crippen molar-refractivity contribution in [2.24, 2.45) is 0 Å². The number of fused-ring (bicyclic) bond motifs is 1. The second-order valence-corrected chi connectivity index (χ2v) is 11.0. The molecular formula is C31H33NO4S. The Hall–Kier alpha value is -3.35. The van der Waals surface area contributed by atoms with E-state index in [2.05, 4.69) is 4.90 Å². The SMILES string of the molecule is Cc1cc(C)c(C(=O)c2sc3cc(O)ccc3c2Oc2ccc(OCN3CCCCCC3)cc2)c(C)c1. The summed E-state index contributed by atoms with van der Waals surface area (Å²) in [6.07, 6.45) is 5.05. The summed E-state index contributed by atoms with van der Waals surface area (Å²) >= 11 is 1.35. The number of hydrogen-bond donors (Lipinski definition) is 1. The van der Waals surface area contributed by atoms with Gasteiger partial charge in [0, 0.05) is 28.7 Å². The standard InChI is InChI=1S/C31H33NO4S/c1-20-16-21(2)28(22(3)17-20)29(34)31-30(26-13-8-23(33)18-27(26)37-31)36-25-11-9-24(10-12-25)35-19-32-14-6-4-5-7-15-32/h8-13,16-18,33H,4-7,14-15,19H2,1-3H3. The zero-order valence-electron chi connectivity index (χ0n) is 21.7. The maximum absolute atomic E-state index is 13.8. The molecule has 192 valence electrons. The second-order valence-electron chi connectivity index (χ2n) is 9.92. The molecule has 3 aromatic carbocycles. The van der Waals surface area contributed by atoms with Gasteiger partial charge in [-0.15, -0.1) is 11.3 Å². The first kappa shape index (κ1) is 25.3. The van der Waals surface area contributed by atoms with E-state index in [1.165, 1.54) is 37.0 Å². The van der Waals surface area contributed by atoms with Crippen LogP contribution in [0.3, 0.4) is 0 Å². The number of aryl methyl sites for hydroxylation is 3. The molecule has 1 fully saturated rings. The molecule has 0 bridgehead atoms. The Bertz CT molecular complexity index is 1390. The number of benzene rings is 3. The zero-order valence-corrected chi connectivity index (χ0v) is 22.5. The van der Waals surface area contributed by atoms with Gasteiger partial charge < -0.3 is 14.6 Å². The van der Waals surface area contributed by atoms with Crippen LogP contribution in [0.2, 0.25) is 0 Å². The van der Waals surface area contributed by atoms with E-state index in [1.807, 2.05) is 57.2 Å². The molecule has 6 heteroatoms. The number of rotatable bonds is 7. The van der Waals surface area contributed by atoms with Crippen LogP contribution in [0.4, 0.5) is 0 Å². The summed E-state index contributed by atoms with van der Waals surface area (Å²) in [6, 6.07) is 16.7. The third-order valence-electron chi connectivity index (χ3n) is 6.89. The van der Waals surface area contributed by atoms with Crippen LogP contribution < -0.4 is 9.47 Å². The van der Waals surface area contributed by atoms with Gasteiger partial charge in [-0.2, -0.15) is 0 Å². The molecule has 1 aliphatic heterocycles. The molecule has 0 spiro atoms. The molecule has 5 nitrogen and oxygen atoms in total. The number of thiophene rings is 1. The van der Waals surface area contributed by atoms with E-state index in [-0.39, 0.29) is 11.5 Å². The first-order valence-electron chi connectivity index (χ1n) is 12.9. The summed E-state index contributed by atoms with van der Waals surface area (Å²) < 4.78 is 13.2. The number of ether oxygens (including phenoxy) is 2. The van der Waals surface area contributed by atoms with Gasteiger partial charge >= 0.3 is 0 Å². The van der Waals surface area contributed by atoms with Gasteiger partial charge in [0.05, 0.1) is 0 Å². The maximum atomic E-state index is 13.8. The Morgan fingerprint density at radius 3 is 2.22 bits per heavy atom. The van der Waals surface area contributed by atoms with Crippen molar-refractivity contribution in [3.05, 3.63) is 81.7 Å². The minimum atomic E-state index is -0.0666. The lowest BCUT2D eigenvalue weighted by Crippen LogP contribution is -2.28. The number of ketones is 1. The van der Waals surface area contributed by atoms with Crippen LogP contribution >= 0.6 is 11.3 Å². The first-order valence-corrected chi connectivity index (χ1v) is 13.7. The van der Waals surface area contributed by atoms with E-state index in [1.54, 1.807) is 18.2 Å². The fourth-order valence-corrected chi connectivity index (χ4v) is 6.23. The van der Waals surface area contributed by atoms with Crippen LogP contribution in [-0.4, -0.2) is 35.6 Å². The number of phenols is 1. The number of carbonyl (C=O) groups is 1. The van der Waals surface area contributed by atoms with Crippen LogP contribution in [0.25, 0.3) is 10.1 Å². The average molecular weight is 516 g/mol. The minimum absolute atomic E-state index is 0.0666. The Balaban J connectivity index is 1.42. The highest BCUT2D eigenvalue weighted by atomic mass is 32.1. The maximum Gasteiger partial charge on any atom is 0.207 e. The smallest absolute Gasteiger partial charge is 0.207 e. The quantitative estimate of drug-likeness (QED) is 0.255. The lowest BCUT2D eigenvalue weighted by molar-refractivity contribution is 0.103. The second kappa shape index (κ2) is 11.0. The van der Waals surface area contributed by atoms with Gasteiger partial charge in [0.2, 0.25) is 5.78 Å². The van der Waals surface area contributed by atoms with E-state index in [9.17, 15) is 9.90 Å². The van der Waals surface area contributed by atoms with Gasteiger partial charge in [0.15, 0.2) is 5.75 Å². The molecule has 0 amide bonds. The van der Waals surface area contributed by atoms with Gasteiger partial charge in [-0.25, -0.2) is 0 Å². The minimum Gasteiger partial charge on any atom is -0.508 e. The number of phenolic OH excluding ortho intramolecular Hbond substituents is 1. The molecule has 1 aromatic heterocycles. The Morgan fingerprint density at radius 2 is 1.54 bits per heavy atom. The molecule has 0 unspecified atom stereocenters. The van der Waals surface area contributed by atoms with E-state index in [0.717, 1.165) is 45.6 Å². The van der Waals surface area contributed by atoms with Gasteiger partial charge in [-0.1, -0.05) is 30.5 Å². The predicted octanol–water partition coefficient (Wildman–Crippen LogP) is 7.77. The highest BCUT2D eigenvalue weighted by Gasteiger charge is 2.25. The summed E-state index contributed by atoms with van der Waals surface area (Å²) in [6.45, 7) is 8.73. The normalized spacial score (nSPS) is 14.5. The van der Waals surface area contributed by atoms with Crippen molar-refractivity contribution >= 4 is 27.2 Å². The number of likely N-dealkylation sites (tertiary alicyclic amines) is 1. The van der Waals surface area contributed by atoms with Gasteiger partial charge in [0.25, 0.3) is 0 Å². The van der Waals surface area contributed by atoms with Gasteiger partial charge in [-0.3, -0.25) is 9.69 Å². The summed E-state index contributed by atoms with van der Waals surface area (Å²) in [5.74, 6) is 2.03. The van der Waals surface area contributed by atoms with Crippen molar-refractivity contribution < 1.29 is 19.4 Å². The van der Waals surface area contributed by atoms with Crippen LogP contribution in [0.5, 0.6) is 23.0 Å². The van der Waals surface area contributed by atoms with Crippen molar-refractivity contribution in [2.75, 3.05) is 19.8 Å². The third kappa shape index (κ3) is 5.65. The van der Waals surface area contributed by atoms with Crippen LogP contribution in [0.15, 0.2) is 54.6 Å². The Kier molecular flexibility index (Phi) is 7.49. The molecule has 2 heterocycles. The zero-order chi connectivity index (χ0) is 25.9. The highest BCUT2D eigenvalue weighted by molar-refractivity contribution is 7.21. The van der Waals surface area contributed by atoms with E-state index < -0.39 is 0 Å². The molecular weight excluding hydrogens is 482 g/mol. The molecule has 0 saturated carbocycles. The lowest BCUT2D eigenvalue weighted by Gasteiger charge is -2.20. The summed E-state index contributed by atoms with van der Waals surface area (Å²) in [4.78, 5) is 16.7. The topological polar surface area (TPSA) is 59.0 Å². The fourth-order valence-electron chi connectivity index (χ4n) is 5.12. The molecule has 4 aromatic rings. The van der Waals surface area contributed by atoms with Crippen molar-refractivity contribution in [2.45, 2.75) is 46.5 Å². The largest absolute Gasteiger partial charge is 0.508 e. The van der Waals surface area contributed by atoms with Crippen molar-refractivity contribution in [3.8, 4) is 23.0 Å². The van der Waals surface area contributed by atoms with Crippen LogP contribution in [-0.2, 0) is 0 Å². The van der Waals surface area contributed by atoms with E-state index >= 15 is 0 Å². The average Bonchev–Trinajstić information content (AvgIpc) is 3.01. The van der Waals surface area contributed by atoms with Gasteiger partial charge in [-0.05, 0) is 87.2 Å². The molecule has 0 atom stereocenters. The fraction of sp³-hybridized carbons (Fsp3) is 0.323. The highest BCUT2D eigenvalue weighted by Crippen LogP contribution is 2.43. The predicted molar refractivity (Wildman–Crippen MR) is 150 cm³/mol. The molecule has 5 rings (SSSR count).